The van der Waals surface area contributed by atoms with Crippen LogP contribution in [0.25, 0.3) is 0 Å². The molecule has 0 aliphatic rings. The summed E-state index contributed by atoms with van der Waals surface area (Å²) in [5.74, 6) is 0.952. The minimum Gasteiger partial charge on any atom is -0.496 e. The Morgan fingerprint density at radius 2 is 2.00 bits per heavy atom. The first-order valence-corrected chi connectivity index (χ1v) is 7.94. The molecule has 2 nitrogen and oxygen atoms in total. The van der Waals surface area contributed by atoms with Gasteiger partial charge in [-0.1, -0.05) is 25.1 Å². The van der Waals surface area contributed by atoms with Gasteiger partial charge in [0.15, 0.2) is 0 Å². The predicted molar refractivity (Wildman–Crippen MR) is 86.9 cm³/mol. The molecule has 20 heavy (non-hydrogen) atoms. The second-order valence-electron chi connectivity index (χ2n) is 5.12. The zero-order valence-electron chi connectivity index (χ0n) is 12.7. The summed E-state index contributed by atoms with van der Waals surface area (Å²) in [7, 11) is 1.72. The van der Waals surface area contributed by atoms with E-state index in [0.717, 1.165) is 18.7 Å². The minimum atomic E-state index is 0.357. The maximum Gasteiger partial charge on any atom is 0.129 e. The van der Waals surface area contributed by atoms with E-state index in [0.29, 0.717) is 6.04 Å². The van der Waals surface area contributed by atoms with Crippen LogP contribution in [0.3, 0.4) is 0 Å². The van der Waals surface area contributed by atoms with Crippen molar-refractivity contribution in [3.63, 3.8) is 0 Å². The normalized spacial score (nSPS) is 12.4. The number of hydrogen-bond acceptors (Lipinski definition) is 3. The highest BCUT2D eigenvalue weighted by atomic mass is 32.1. The molecule has 0 fully saturated rings. The molecule has 0 saturated heterocycles. The lowest BCUT2D eigenvalue weighted by Crippen LogP contribution is -2.22. The van der Waals surface area contributed by atoms with E-state index in [1.54, 1.807) is 18.4 Å². The fourth-order valence-corrected chi connectivity index (χ4v) is 3.24. The van der Waals surface area contributed by atoms with Crippen LogP contribution in [0, 0.1) is 13.8 Å². The van der Waals surface area contributed by atoms with E-state index in [1.165, 1.54) is 21.6 Å². The van der Waals surface area contributed by atoms with Gasteiger partial charge < -0.3 is 10.1 Å². The number of thiophene rings is 1. The van der Waals surface area contributed by atoms with E-state index >= 15 is 0 Å². The molecule has 108 valence electrons. The smallest absolute Gasteiger partial charge is 0.129 e. The second kappa shape index (κ2) is 6.91. The summed E-state index contributed by atoms with van der Waals surface area (Å²) in [6.45, 7) is 7.45. The van der Waals surface area contributed by atoms with Crippen molar-refractivity contribution in [2.75, 3.05) is 13.7 Å². The van der Waals surface area contributed by atoms with Crippen LogP contribution in [-0.4, -0.2) is 13.7 Å². The Balaban J connectivity index is 2.18. The third-order valence-electron chi connectivity index (χ3n) is 3.64. The van der Waals surface area contributed by atoms with Gasteiger partial charge >= 0.3 is 0 Å². The number of methoxy groups -OCH3 is 1. The number of hydrogen-bond donors (Lipinski definition) is 1. The summed E-state index contributed by atoms with van der Waals surface area (Å²) in [5.41, 5.74) is 4.10. The molecule has 3 heteroatoms. The standard InChI is InChI=1S/C17H23NOS/c1-5-18-16(17-10-15(19-4)11-20-17)9-14-7-6-12(2)13(3)8-14/h6-8,10-11,16,18H,5,9H2,1-4H3. The quantitative estimate of drug-likeness (QED) is 0.857. The molecule has 1 unspecified atom stereocenters. The number of likely N-dealkylation sites (N-methyl/N-ethyl adjacent to an activating group) is 1. The molecule has 0 amide bonds. The molecule has 0 radical (unpaired) electrons. The third-order valence-corrected chi connectivity index (χ3v) is 4.66. The van der Waals surface area contributed by atoms with Gasteiger partial charge in [0.1, 0.15) is 5.75 Å². The third kappa shape index (κ3) is 3.62. The Hall–Kier alpha value is -1.32. The first-order chi connectivity index (χ1) is 9.63. The van der Waals surface area contributed by atoms with Crippen molar-refractivity contribution in [2.24, 2.45) is 0 Å². The van der Waals surface area contributed by atoms with Gasteiger partial charge in [-0.15, -0.1) is 11.3 Å². The number of rotatable bonds is 6. The van der Waals surface area contributed by atoms with Gasteiger partial charge in [0.25, 0.3) is 0 Å². The second-order valence-corrected chi connectivity index (χ2v) is 6.06. The van der Waals surface area contributed by atoms with Crippen LogP contribution in [0.1, 0.15) is 34.5 Å². The maximum absolute atomic E-state index is 5.29. The van der Waals surface area contributed by atoms with Crippen LogP contribution < -0.4 is 10.1 Å². The lowest BCUT2D eigenvalue weighted by Gasteiger charge is -2.17. The van der Waals surface area contributed by atoms with E-state index in [4.69, 9.17) is 4.74 Å². The largest absolute Gasteiger partial charge is 0.496 e. The van der Waals surface area contributed by atoms with Crippen molar-refractivity contribution < 1.29 is 4.74 Å². The average molecular weight is 289 g/mol. The molecular weight excluding hydrogens is 266 g/mol. The van der Waals surface area contributed by atoms with Crippen LogP contribution in [0.2, 0.25) is 0 Å². The van der Waals surface area contributed by atoms with Crippen LogP contribution in [0.5, 0.6) is 5.75 Å². The highest BCUT2D eigenvalue weighted by molar-refractivity contribution is 7.10. The van der Waals surface area contributed by atoms with Gasteiger partial charge in [-0.25, -0.2) is 0 Å². The lowest BCUT2D eigenvalue weighted by molar-refractivity contribution is 0.415. The number of aryl methyl sites for hydroxylation is 2. The van der Waals surface area contributed by atoms with E-state index < -0.39 is 0 Å². The molecular formula is C17H23NOS. The predicted octanol–water partition coefficient (Wildman–Crippen LogP) is 4.27. The molecule has 2 aromatic rings. The van der Waals surface area contributed by atoms with Crippen molar-refractivity contribution in [1.82, 2.24) is 5.32 Å². The van der Waals surface area contributed by atoms with Gasteiger partial charge in [-0.05, 0) is 49.6 Å². The zero-order chi connectivity index (χ0) is 14.5. The summed E-state index contributed by atoms with van der Waals surface area (Å²) < 4.78 is 5.29. The van der Waals surface area contributed by atoms with Gasteiger partial charge in [0, 0.05) is 16.3 Å². The number of nitrogens with one attached hydrogen (secondary N) is 1. The van der Waals surface area contributed by atoms with Crippen LogP contribution in [-0.2, 0) is 6.42 Å². The lowest BCUT2D eigenvalue weighted by atomic mass is 10.00. The van der Waals surface area contributed by atoms with Gasteiger partial charge in [-0.2, -0.15) is 0 Å². The molecule has 1 N–H and O–H groups in total. The minimum absolute atomic E-state index is 0.357. The Kier molecular flexibility index (Phi) is 5.21. The van der Waals surface area contributed by atoms with Crippen molar-refractivity contribution in [3.05, 3.63) is 51.2 Å². The summed E-state index contributed by atoms with van der Waals surface area (Å²) >= 11 is 1.76. The summed E-state index contributed by atoms with van der Waals surface area (Å²) in [6, 6.07) is 9.24. The molecule has 0 aliphatic carbocycles. The monoisotopic (exact) mass is 289 g/mol. The average Bonchev–Trinajstić information content (AvgIpc) is 2.91. The Labute approximate surface area is 125 Å². The fourth-order valence-electron chi connectivity index (χ4n) is 2.31. The SMILES string of the molecule is CCNC(Cc1ccc(C)c(C)c1)c1cc(OC)cs1. The van der Waals surface area contributed by atoms with Crippen LogP contribution in [0.15, 0.2) is 29.6 Å². The molecule has 0 spiro atoms. The van der Waals surface area contributed by atoms with Crippen molar-refractivity contribution in [3.8, 4) is 5.75 Å². The molecule has 0 bridgehead atoms. The zero-order valence-corrected chi connectivity index (χ0v) is 13.5. The topological polar surface area (TPSA) is 21.3 Å². The molecule has 2 rings (SSSR count). The number of benzene rings is 1. The molecule has 1 heterocycles. The van der Waals surface area contributed by atoms with Crippen LogP contribution >= 0.6 is 11.3 Å². The summed E-state index contributed by atoms with van der Waals surface area (Å²) in [5, 5.41) is 5.64. The molecule has 1 aromatic carbocycles. The van der Waals surface area contributed by atoms with Crippen molar-refractivity contribution >= 4 is 11.3 Å². The summed E-state index contributed by atoms with van der Waals surface area (Å²) in [6.07, 6.45) is 1.01. The molecule has 0 aliphatic heterocycles. The van der Waals surface area contributed by atoms with Gasteiger partial charge in [0.05, 0.1) is 7.11 Å². The molecule has 1 atom stereocenters. The number of ether oxygens (including phenoxy) is 1. The summed E-state index contributed by atoms with van der Waals surface area (Å²) in [4.78, 5) is 1.34. The first-order valence-electron chi connectivity index (χ1n) is 7.06. The Morgan fingerprint density at radius 1 is 1.20 bits per heavy atom. The Bertz CT molecular complexity index is 562. The van der Waals surface area contributed by atoms with Crippen molar-refractivity contribution in [1.29, 1.82) is 0 Å². The highest BCUT2D eigenvalue weighted by Crippen LogP contribution is 2.29. The van der Waals surface area contributed by atoms with Gasteiger partial charge in [0.2, 0.25) is 0 Å². The van der Waals surface area contributed by atoms with E-state index in [-0.39, 0.29) is 0 Å². The van der Waals surface area contributed by atoms with Crippen LogP contribution in [0.4, 0.5) is 0 Å². The fraction of sp³-hybridized carbons (Fsp3) is 0.412. The maximum atomic E-state index is 5.29. The van der Waals surface area contributed by atoms with E-state index in [9.17, 15) is 0 Å². The van der Waals surface area contributed by atoms with E-state index in [1.807, 2.05) is 0 Å². The van der Waals surface area contributed by atoms with Gasteiger partial charge in [-0.3, -0.25) is 0 Å². The van der Waals surface area contributed by atoms with Crippen molar-refractivity contribution in [2.45, 2.75) is 33.2 Å². The molecule has 1 aromatic heterocycles. The highest BCUT2D eigenvalue weighted by Gasteiger charge is 2.14. The Morgan fingerprint density at radius 3 is 2.60 bits per heavy atom. The van der Waals surface area contributed by atoms with E-state index in [2.05, 4.69) is 55.7 Å². The first kappa shape index (κ1) is 15.1. The molecule has 0 saturated carbocycles.